The summed E-state index contributed by atoms with van der Waals surface area (Å²) in [7, 11) is 0. The molecule has 262 valence electrons. The third kappa shape index (κ3) is 5.17. The van der Waals surface area contributed by atoms with Gasteiger partial charge in [0.15, 0.2) is 6.17 Å². The van der Waals surface area contributed by atoms with Gasteiger partial charge in [0.05, 0.1) is 0 Å². The highest BCUT2D eigenvalue weighted by Crippen LogP contribution is 2.56. The van der Waals surface area contributed by atoms with Crippen LogP contribution < -0.4 is 5.32 Å². The van der Waals surface area contributed by atoms with Gasteiger partial charge in [-0.3, -0.25) is 0 Å². The van der Waals surface area contributed by atoms with Gasteiger partial charge in [-0.2, -0.15) is 0 Å². The van der Waals surface area contributed by atoms with Gasteiger partial charge in [0.2, 0.25) is 0 Å². The number of fused-ring (bicyclic) bond motifs is 6. The van der Waals surface area contributed by atoms with Crippen LogP contribution in [0.4, 0.5) is 0 Å². The van der Waals surface area contributed by atoms with E-state index in [2.05, 4.69) is 173 Å². The smallest absolute Gasteiger partial charge is 0.169 e. The van der Waals surface area contributed by atoms with Gasteiger partial charge in [-0.25, -0.2) is 9.98 Å². The minimum Gasteiger partial charge on any atom is -0.324 e. The highest BCUT2D eigenvalue weighted by Gasteiger charge is 2.41. The van der Waals surface area contributed by atoms with Gasteiger partial charge in [-0.15, -0.1) is 0 Å². The lowest BCUT2D eigenvalue weighted by molar-refractivity contribution is 0.639. The Morgan fingerprint density at radius 2 is 1.09 bits per heavy atom. The van der Waals surface area contributed by atoms with E-state index in [9.17, 15) is 0 Å². The van der Waals surface area contributed by atoms with E-state index in [-0.39, 0.29) is 17.0 Å². The van der Waals surface area contributed by atoms with Crippen LogP contribution in [0, 0.1) is 0 Å². The molecule has 1 heterocycles. The van der Waals surface area contributed by atoms with Crippen LogP contribution in [0.3, 0.4) is 0 Å². The summed E-state index contributed by atoms with van der Waals surface area (Å²) in [4.78, 5) is 10.3. The number of aliphatic imine (C=N–C) groups is 2. The molecule has 3 nitrogen and oxygen atoms in total. The topological polar surface area (TPSA) is 36.8 Å². The van der Waals surface area contributed by atoms with Crippen LogP contribution in [0.25, 0.3) is 33.4 Å². The van der Waals surface area contributed by atoms with E-state index in [1.807, 2.05) is 12.1 Å². The number of hydrogen-bond donors (Lipinski definition) is 1. The molecule has 6 aromatic rings. The second-order valence-corrected chi connectivity index (χ2v) is 16.2. The molecule has 1 N–H and O–H groups in total. The lowest BCUT2D eigenvalue weighted by atomic mass is 9.77. The van der Waals surface area contributed by atoms with Crippen molar-refractivity contribution in [2.24, 2.45) is 9.98 Å². The first-order valence-electron chi connectivity index (χ1n) is 19.2. The molecular weight excluding hydrogens is 655 g/mol. The van der Waals surface area contributed by atoms with Gasteiger partial charge in [0.25, 0.3) is 0 Å². The summed E-state index contributed by atoms with van der Waals surface area (Å²) < 4.78 is 0. The average Bonchev–Trinajstić information content (AvgIpc) is 3.59. The van der Waals surface area contributed by atoms with E-state index < -0.39 is 0 Å². The summed E-state index contributed by atoms with van der Waals surface area (Å²) in [5, 5.41) is 3.52. The Balaban J connectivity index is 1.00. The predicted octanol–water partition coefficient (Wildman–Crippen LogP) is 12.1. The van der Waals surface area contributed by atoms with E-state index in [0.29, 0.717) is 0 Å². The Morgan fingerprint density at radius 1 is 0.500 bits per heavy atom. The summed E-state index contributed by atoms with van der Waals surface area (Å²) in [6.45, 7) is 9.55. The summed E-state index contributed by atoms with van der Waals surface area (Å²) >= 11 is 0. The van der Waals surface area contributed by atoms with Crippen LogP contribution in [0.1, 0.15) is 96.8 Å². The van der Waals surface area contributed by atoms with E-state index in [0.717, 1.165) is 41.2 Å². The van der Waals surface area contributed by atoms with E-state index in [4.69, 9.17) is 9.98 Å². The number of hydrogen-bond acceptors (Lipinski definition) is 3. The van der Waals surface area contributed by atoms with Crippen molar-refractivity contribution >= 4 is 22.8 Å². The van der Waals surface area contributed by atoms with Crippen molar-refractivity contribution in [3.8, 4) is 22.3 Å². The minimum atomic E-state index is -0.352. The molecule has 0 amide bonds. The number of nitrogens with zero attached hydrogens (tertiary/aromatic N) is 2. The molecule has 6 aromatic carbocycles. The zero-order valence-corrected chi connectivity index (χ0v) is 31.3. The summed E-state index contributed by atoms with van der Waals surface area (Å²) in [5.74, 6) is 1.67. The molecule has 54 heavy (non-hydrogen) atoms. The van der Waals surface area contributed by atoms with Gasteiger partial charge in [-0.1, -0.05) is 161 Å². The summed E-state index contributed by atoms with van der Waals surface area (Å²) in [5.41, 5.74) is 19.5. The van der Waals surface area contributed by atoms with Gasteiger partial charge in [0, 0.05) is 22.0 Å². The summed E-state index contributed by atoms with van der Waals surface area (Å²) in [6, 6.07) is 50.7. The molecule has 0 atom stereocenters. The molecule has 0 unspecified atom stereocenters. The lowest BCUT2D eigenvalue weighted by Gasteiger charge is -2.26. The molecule has 0 saturated heterocycles. The molecule has 0 bridgehead atoms. The maximum atomic E-state index is 5.14. The molecule has 3 aliphatic carbocycles. The van der Waals surface area contributed by atoms with Crippen LogP contribution in [0.5, 0.6) is 0 Å². The fraction of sp³-hybridized carbons (Fsp3) is 0.176. The Labute approximate surface area is 318 Å². The van der Waals surface area contributed by atoms with Crippen LogP contribution in [0.15, 0.2) is 162 Å². The van der Waals surface area contributed by atoms with Crippen molar-refractivity contribution in [3.05, 3.63) is 202 Å². The summed E-state index contributed by atoms with van der Waals surface area (Å²) in [6.07, 6.45) is 6.47. The van der Waals surface area contributed by atoms with Gasteiger partial charge >= 0.3 is 0 Å². The van der Waals surface area contributed by atoms with Crippen molar-refractivity contribution in [1.82, 2.24) is 5.32 Å². The second-order valence-electron chi connectivity index (χ2n) is 16.2. The Morgan fingerprint density at radius 3 is 1.80 bits per heavy atom. The standard InChI is InChI=1S/C51H43N3/c1-50(2)43-24-12-11-23-39(43)41-30-42-40-29-37(25-26-44(40)51(3,4)46(42)31-45(41)50)35-20-13-19-34(27-35)36-21-14-22-38(28-36)49-53-47(32-15-7-5-8-16-32)52-48(54-49)33-17-9-6-10-18-33/h5-12,14-18,20-31,49H,13,19H2,1-4H3,(H,52,53,54). The molecule has 10 rings (SSSR count). The fourth-order valence-corrected chi connectivity index (χ4v) is 9.24. The number of rotatable bonds is 5. The molecular formula is C51H43N3. The lowest BCUT2D eigenvalue weighted by Crippen LogP contribution is -2.36. The molecule has 1 aliphatic heterocycles. The molecule has 0 aromatic heterocycles. The first-order valence-corrected chi connectivity index (χ1v) is 19.2. The third-order valence-electron chi connectivity index (χ3n) is 12.2. The van der Waals surface area contributed by atoms with E-state index >= 15 is 0 Å². The van der Waals surface area contributed by atoms with Crippen molar-refractivity contribution in [3.63, 3.8) is 0 Å². The largest absolute Gasteiger partial charge is 0.324 e. The maximum Gasteiger partial charge on any atom is 0.169 e. The molecule has 3 heteroatoms. The van der Waals surface area contributed by atoms with Crippen LogP contribution in [-0.4, -0.2) is 11.7 Å². The van der Waals surface area contributed by atoms with Gasteiger partial charge in [-0.05, 0) is 103 Å². The van der Waals surface area contributed by atoms with Crippen LogP contribution >= 0.6 is 0 Å². The minimum absolute atomic E-state index is 0.0106. The zero-order valence-electron chi connectivity index (χ0n) is 31.3. The fourth-order valence-electron chi connectivity index (χ4n) is 9.24. The van der Waals surface area contributed by atoms with E-state index in [1.54, 1.807) is 0 Å². The Hall–Kier alpha value is -6.06. The third-order valence-corrected chi connectivity index (χ3v) is 12.2. The Kier molecular flexibility index (Phi) is 7.39. The van der Waals surface area contributed by atoms with Gasteiger partial charge < -0.3 is 5.32 Å². The monoisotopic (exact) mass is 697 g/mol. The molecule has 0 fully saturated rings. The molecule has 0 radical (unpaired) electrons. The SMILES string of the molecule is CC1(C)c2ccccc2-c2cc3c(cc21)C(C)(C)c1ccc(C2=CCCC(c4cccc(C5N=C(c6ccccc6)NC(c6ccccc6)=N5)c4)=C2)cc1-3. The second kappa shape index (κ2) is 12.2. The molecule has 4 aliphatic rings. The van der Waals surface area contributed by atoms with E-state index in [1.165, 1.54) is 66.8 Å². The molecule has 0 spiro atoms. The average molecular weight is 698 g/mol. The maximum absolute atomic E-state index is 5.14. The number of allylic oxidation sites excluding steroid dienone is 4. The predicted molar refractivity (Wildman–Crippen MR) is 225 cm³/mol. The Bertz CT molecular complexity index is 2560. The first-order chi connectivity index (χ1) is 26.3. The van der Waals surface area contributed by atoms with Crippen molar-refractivity contribution in [2.75, 3.05) is 0 Å². The normalized spacial score (nSPS) is 17.6. The number of amidine groups is 2. The van der Waals surface area contributed by atoms with Crippen molar-refractivity contribution < 1.29 is 0 Å². The first kappa shape index (κ1) is 32.6. The zero-order chi connectivity index (χ0) is 36.6. The van der Waals surface area contributed by atoms with Crippen molar-refractivity contribution in [2.45, 2.75) is 57.5 Å². The number of benzene rings is 6. The van der Waals surface area contributed by atoms with Crippen molar-refractivity contribution in [1.29, 1.82) is 0 Å². The highest BCUT2D eigenvalue weighted by molar-refractivity contribution is 6.15. The highest BCUT2D eigenvalue weighted by atomic mass is 15.2. The number of nitrogens with one attached hydrogen (secondary N) is 1. The van der Waals surface area contributed by atoms with Gasteiger partial charge in [0.1, 0.15) is 11.7 Å². The van der Waals surface area contributed by atoms with Crippen LogP contribution in [-0.2, 0) is 10.8 Å². The van der Waals surface area contributed by atoms with Crippen LogP contribution in [0.2, 0.25) is 0 Å². The quantitative estimate of drug-likeness (QED) is 0.191. The molecule has 0 saturated carbocycles.